The molecule has 0 bridgehead atoms. The van der Waals surface area contributed by atoms with E-state index in [0.717, 1.165) is 43.0 Å². The lowest BCUT2D eigenvalue weighted by Gasteiger charge is -2.37. The number of nitrogens with one attached hydrogen (secondary N) is 1. The quantitative estimate of drug-likeness (QED) is 0.703. The predicted molar refractivity (Wildman–Crippen MR) is 114 cm³/mol. The summed E-state index contributed by atoms with van der Waals surface area (Å²) in [6.07, 6.45) is 0. The van der Waals surface area contributed by atoms with Gasteiger partial charge in [-0.05, 0) is 51.5 Å². The van der Waals surface area contributed by atoms with E-state index in [9.17, 15) is 14.0 Å². The van der Waals surface area contributed by atoms with Crippen LogP contribution in [0.4, 0.5) is 4.39 Å². The zero-order chi connectivity index (χ0) is 22.0. The summed E-state index contributed by atoms with van der Waals surface area (Å²) in [5.74, 6) is 0.379. The van der Waals surface area contributed by atoms with Crippen LogP contribution in [0.15, 0.2) is 18.2 Å². The van der Waals surface area contributed by atoms with Gasteiger partial charge in [0.2, 0.25) is 0 Å². The molecule has 6 nitrogen and oxygen atoms in total. The number of rotatable bonds is 7. The Balaban J connectivity index is 1.64. The van der Waals surface area contributed by atoms with Gasteiger partial charge in [0.05, 0.1) is 18.8 Å². The van der Waals surface area contributed by atoms with E-state index in [1.54, 1.807) is 13.2 Å². The van der Waals surface area contributed by atoms with Gasteiger partial charge in [-0.15, -0.1) is 0 Å². The molecule has 1 N–H and O–H groups in total. The lowest BCUT2D eigenvalue weighted by Crippen LogP contribution is -2.51. The number of methoxy groups -OCH3 is 1. The fraction of sp³-hybridized carbons (Fsp3) is 0.478. The molecule has 0 amide bonds. The maximum absolute atomic E-state index is 13.6. The minimum atomic E-state index is -0.285. The molecule has 1 aromatic carbocycles. The lowest BCUT2D eigenvalue weighted by molar-refractivity contribution is 0.0681. The van der Waals surface area contributed by atoms with Crippen LogP contribution < -0.4 is 4.74 Å². The summed E-state index contributed by atoms with van der Waals surface area (Å²) in [5, 5.41) is 0. The third-order valence-corrected chi connectivity index (χ3v) is 6.01. The summed E-state index contributed by atoms with van der Waals surface area (Å²) in [4.78, 5) is 32.5. The number of carbonyl (C=O) groups is 2. The number of aromatic amines is 1. The number of piperazine rings is 1. The lowest BCUT2D eigenvalue weighted by atomic mass is 10.0. The highest BCUT2D eigenvalue weighted by Crippen LogP contribution is 2.24. The van der Waals surface area contributed by atoms with E-state index < -0.39 is 0 Å². The Hall–Kier alpha value is -2.51. The summed E-state index contributed by atoms with van der Waals surface area (Å²) < 4.78 is 19.0. The van der Waals surface area contributed by atoms with Crippen molar-refractivity contribution in [2.45, 2.75) is 40.3 Å². The van der Waals surface area contributed by atoms with Crippen molar-refractivity contribution in [1.29, 1.82) is 0 Å². The van der Waals surface area contributed by atoms with Gasteiger partial charge in [0.25, 0.3) is 0 Å². The first-order valence-corrected chi connectivity index (χ1v) is 10.3. The van der Waals surface area contributed by atoms with Crippen LogP contribution in [0, 0.1) is 19.7 Å². The van der Waals surface area contributed by atoms with Crippen LogP contribution >= 0.6 is 0 Å². The largest absolute Gasteiger partial charge is 0.496 e. The van der Waals surface area contributed by atoms with Crippen LogP contribution in [0.1, 0.15) is 51.5 Å². The number of halogens is 1. The number of aromatic nitrogens is 1. The number of Topliss-reactive ketones (excluding diaryl/α,β-unsaturated/α-hetero) is 2. The van der Waals surface area contributed by atoms with Crippen LogP contribution in [0.25, 0.3) is 0 Å². The molecule has 1 saturated heterocycles. The molecular weight excluding hydrogens is 385 g/mol. The van der Waals surface area contributed by atoms with E-state index in [0.29, 0.717) is 23.6 Å². The van der Waals surface area contributed by atoms with Gasteiger partial charge < -0.3 is 9.72 Å². The molecule has 30 heavy (non-hydrogen) atoms. The Labute approximate surface area is 177 Å². The van der Waals surface area contributed by atoms with Crippen molar-refractivity contribution < 1.29 is 18.7 Å². The van der Waals surface area contributed by atoms with Crippen molar-refractivity contribution in [2.24, 2.45) is 0 Å². The molecule has 1 atom stereocenters. The Morgan fingerprint density at radius 3 is 2.43 bits per heavy atom. The Morgan fingerprint density at radius 2 is 1.87 bits per heavy atom. The van der Waals surface area contributed by atoms with E-state index in [-0.39, 0.29) is 23.4 Å². The number of ketones is 2. The maximum atomic E-state index is 13.6. The minimum Gasteiger partial charge on any atom is -0.496 e. The van der Waals surface area contributed by atoms with E-state index in [1.807, 2.05) is 20.8 Å². The van der Waals surface area contributed by atoms with E-state index in [4.69, 9.17) is 4.74 Å². The first-order valence-electron chi connectivity index (χ1n) is 10.3. The second-order valence-electron chi connectivity index (χ2n) is 7.99. The normalized spacial score (nSPS) is 16.5. The number of hydrogen-bond donors (Lipinski definition) is 1. The van der Waals surface area contributed by atoms with Gasteiger partial charge in [-0.2, -0.15) is 0 Å². The molecule has 2 heterocycles. The summed E-state index contributed by atoms with van der Waals surface area (Å²) in [6, 6.07) is 4.28. The Bertz CT molecular complexity index is 945. The Kier molecular flexibility index (Phi) is 6.73. The van der Waals surface area contributed by atoms with E-state index in [2.05, 4.69) is 14.8 Å². The van der Waals surface area contributed by atoms with Gasteiger partial charge >= 0.3 is 0 Å². The first kappa shape index (κ1) is 22.2. The smallest absolute Gasteiger partial charge is 0.196 e. The monoisotopic (exact) mass is 415 g/mol. The number of H-pyrrole nitrogens is 1. The Morgan fingerprint density at radius 1 is 1.20 bits per heavy atom. The second-order valence-corrected chi connectivity index (χ2v) is 7.99. The maximum Gasteiger partial charge on any atom is 0.196 e. The molecule has 3 rings (SSSR count). The van der Waals surface area contributed by atoms with Crippen LogP contribution in [0.2, 0.25) is 0 Å². The number of nitrogens with zero attached hydrogens (tertiary/aromatic N) is 2. The van der Waals surface area contributed by atoms with Crippen LogP contribution in [0.3, 0.4) is 0 Å². The van der Waals surface area contributed by atoms with Crippen molar-refractivity contribution >= 4 is 11.6 Å². The van der Waals surface area contributed by atoms with Crippen molar-refractivity contribution in [3.63, 3.8) is 0 Å². The van der Waals surface area contributed by atoms with Gasteiger partial charge in [-0.3, -0.25) is 19.4 Å². The molecule has 0 unspecified atom stereocenters. The number of ether oxygens (including phenoxy) is 1. The minimum absolute atomic E-state index is 0.00310. The van der Waals surface area contributed by atoms with Crippen molar-refractivity contribution in [2.75, 3.05) is 33.3 Å². The molecule has 0 spiro atoms. The molecule has 1 aliphatic heterocycles. The third-order valence-electron chi connectivity index (χ3n) is 6.01. The van der Waals surface area contributed by atoms with E-state index in [1.165, 1.54) is 19.1 Å². The standard InChI is InChI=1S/C23H30FN3O3/c1-14-21(17(4)28)15(2)25-22(14)23(29)16(3)27-10-8-26(9-11-27)13-18-12-19(24)6-7-20(18)30-5/h6-7,12,16,25H,8-11,13H2,1-5H3/t16-/m0/s1. The molecule has 0 aliphatic carbocycles. The molecule has 7 heteroatoms. The van der Waals surface area contributed by atoms with Crippen molar-refractivity contribution in [1.82, 2.24) is 14.8 Å². The highest BCUT2D eigenvalue weighted by atomic mass is 19.1. The van der Waals surface area contributed by atoms with Gasteiger partial charge in [0.1, 0.15) is 11.6 Å². The van der Waals surface area contributed by atoms with Crippen LogP contribution in [-0.4, -0.2) is 65.7 Å². The molecule has 162 valence electrons. The number of benzene rings is 1. The van der Waals surface area contributed by atoms with Crippen molar-refractivity contribution in [3.8, 4) is 5.75 Å². The number of carbonyl (C=O) groups excluding carboxylic acids is 2. The van der Waals surface area contributed by atoms with E-state index >= 15 is 0 Å². The molecule has 0 radical (unpaired) electrons. The zero-order valence-electron chi connectivity index (χ0n) is 18.3. The SMILES string of the molecule is COc1ccc(F)cc1CN1CCN([C@@H](C)C(=O)c2[nH]c(C)c(C(C)=O)c2C)CC1. The fourth-order valence-electron chi connectivity index (χ4n) is 4.32. The molecule has 1 aromatic heterocycles. The first-order chi connectivity index (χ1) is 14.2. The van der Waals surface area contributed by atoms with Crippen LogP contribution in [-0.2, 0) is 6.54 Å². The zero-order valence-corrected chi connectivity index (χ0v) is 18.3. The molecule has 0 saturated carbocycles. The summed E-state index contributed by atoms with van der Waals surface area (Å²) in [6.45, 7) is 10.7. The highest BCUT2D eigenvalue weighted by Gasteiger charge is 2.29. The average Bonchev–Trinajstić information content (AvgIpc) is 3.01. The van der Waals surface area contributed by atoms with Gasteiger partial charge in [0, 0.05) is 49.5 Å². The molecular formula is C23H30FN3O3. The molecule has 1 fully saturated rings. The highest BCUT2D eigenvalue weighted by molar-refractivity contribution is 6.05. The number of aryl methyl sites for hydroxylation is 1. The fourth-order valence-corrected chi connectivity index (χ4v) is 4.32. The van der Waals surface area contributed by atoms with Crippen molar-refractivity contribution in [3.05, 3.63) is 52.1 Å². The van der Waals surface area contributed by atoms with Gasteiger partial charge in [-0.1, -0.05) is 0 Å². The van der Waals surface area contributed by atoms with Crippen LogP contribution in [0.5, 0.6) is 5.75 Å². The summed E-state index contributed by atoms with van der Waals surface area (Å²) in [7, 11) is 1.59. The summed E-state index contributed by atoms with van der Waals surface area (Å²) >= 11 is 0. The molecule has 2 aromatic rings. The molecule has 1 aliphatic rings. The second kappa shape index (κ2) is 9.10. The predicted octanol–water partition coefficient (Wildman–Crippen LogP) is 3.37. The summed E-state index contributed by atoms with van der Waals surface area (Å²) in [5.41, 5.74) is 3.43. The van der Waals surface area contributed by atoms with Gasteiger partial charge in [0.15, 0.2) is 11.6 Å². The van der Waals surface area contributed by atoms with Gasteiger partial charge in [-0.25, -0.2) is 4.39 Å². The topological polar surface area (TPSA) is 65.6 Å². The number of hydrogen-bond acceptors (Lipinski definition) is 5. The third kappa shape index (κ3) is 4.47. The average molecular weight is 416 g/mol.